The number of ether oxygens (including phenoxy) is 2. The summed E-state index contributed by atoms with van der Waals surface area (Å²) in [7, 11) is 0. The van der Waals surface area contributed by atoms with E-state index in [-0.39, 0.29) is 12.7 Å². The summed E-state index contributed by atoms with van der Waals surface area (Å²) < 4.78 is 10.7. The molecule has 2 aliphatic rings. The molecule has 0 bridgehead atoms. The van der Waals surface area contributed by atoms with Gasteiger partial charge in [0.05, 0.1) is 5.60 Å². The SMILES string of the molecule is O=C(CCc1cccc2c1OCO2)NCC1(O)CCCC1. The first kappa shape index (κ1) is 14.2. The Labute approximate surface area is 124 Å². The van der Waals surface area contributed by atoms with Crippen LogP contribution in [0.1, 0.15) is 37.7 Å². The lowest BCUT2D eigenvalue weighted by Gasteiger charge is -2.22. The molecule has 0 unspecified atom stereocenters. The number of rotatable bonds is 5. The predicted octanol–water partition coefficient (Wildman–Crippen LogP) is 1.77. The molecule has 0 aromatic heterocycles. The summed E-state index contributed by atoms with van der Waals surface area (Å²) in [6, 6.07) is 5.72. The number of amides is 1. The molecule has 0 saturated heterocycles. The van der Waals surface area contributed by atoms with Crippen LogP contribution in [0.3, 0.4) is 0 Å². The van der Waals surface area contributed by atoms with E-state index >= 15 is 0 Å². The molecule has 1 saturated carbocycles. The molecular weight excluding hydrogens is 270 g/mol. The van der Waals surface area contributed by atoms with Gasteiger partial charge in [-0.2, -0.15) is 0 Å². The van der Waals surface area contributed by atoms with Crippen molar-refractivity contribution in [1.82, 2.24) is 5.32 Å². The maximum atomic E-state index is 11.9. The molecule has 21 heavy (non-hydrogen) atoms. The number of nitrogens with one attached hydrogen (secondary N) is 1. The second kappa shape index (κ2) is 5.93. The predicted molar refractivity (Wildman–Crippen MR) is 77.3 cm³/mol. The first-order chi connectivity index (χ1) is 10.2. The van der Waals surface area contributed by atoms with Crippen LogP contribution in [0.25, 0.3) is 0 Å². The highest BCUT2D eigenvalue weighted by Gasteiger charge is 2.31. The van der Waals surface area contributed by atoms with Gasteiger partial charge in [-0.1, -0.05) is 25.0 Å². The van der Waals surface area contributed by atoms with Crippen molar-refractivity contribution in [3.05, 3.63) is 23.8 Å². The molecule has 114 valence electrons. The number of hydrogen-bond acceptors (Lipinski definition) is 4. The fourth-order valence-electron chi connectivity index (χ4n) is 3.00. The van der Waals surface area contributed by atoms with Gasteiger partial charge in [-0.05, 0) is 30.9 Å². The number of aryl methyl sites for hydroxylation is 1. The molecule has 0 spiro atoms. The Morgan fingerprint density at radius 2 is 2.10 bits per heavy atom. The lowest BCUT2D eigenvalue weighted by atomic mass is 10.0. The molecule has 3 rings (SSSR count). The lowest BCUT2D eigenvalue weighted by Crippen LogP contribution is -2.40. The van der Waals surface area contributed by atoms with E-state index in [1.165, 1.54) is 0 Å². The molecule has 0 atom stereocenters. The number of aliphatic hydroxyl groups is 1. The van der Waals surface area contributed by atoms with E-state index in [1.54, 1.807) is 0 Å². The van der Waals surface area contributed by atoms with Crippen molar-refractivity contribution in [2.45, 2.75) is 44.1 Å². The Kier molecular flexibility index (Phi) is 4.01. The third kappa shape index (κ3) is 3.29. The normalized spacial score (nSPS) is 18.7. The van der Waals surface area contributed by atoms with Crippen molar-refractivity contribution in [1.29, 1.82) is 0 Å². The van der Waals surface area contributed by atoms with Crippen molar-refractivity contribution < 1.29 is 19.4 Å². The number of benzene rings is 1. The van der Waals surface area contributed by atoms with Gasteiger partial charge in [-0.15, -0.1) is 0 Å². The van der Waals surface area contributed by atoms with Gasteiger partial charge in [0.15, 0.2) is 11.5 Å². The molecule has 1 aromatic carbocycles. The molecule has 1 heterocycles. The molecule has 2 N–H and O–H groups in total. The molecule has 1 aliphatic carbocycles. The Balaban J connectivity index is 1.49. The van der Waals surface area contributed by atoms with Crippen molar-refractivity contribution in [3.8, 4) is 11.5 Å². The van der Waals surface area contributed by atoms with Crippen LogP contribution in [0, 0.1) is 0 Å². The van der Waals surface area contributed by atoms with Gasteiger partial charge >= 0.3 is 0 Å². The summed E-state index contributed by atoms with van der Waals surface area (Å²) in [5.74, 6) is 1.46. The number of fused-ring (bicyclic) bond motifs is 1. The summed E-state index contributed by atoms with van der Waals surface area (Å²) >= 11 is 0. The lowest BCUT2D eigenvalue weighted by molar-refractivity contribution is -0.122. The van der Waals surface area contributed by atoms with Crippen LogP contribution in [0.2, 0.25) is 0 Å². The first-order valence-corrected chi connectivity index (χ1v) is 7.53. The third-order valence-electron chi connectivity index (χ3n) is 4.25. The Hall–Kier alpha value is -1.75. The zero-order valence-corrected chi connectivity index (χ0v) is 12.1. The standard InChI is InChI=1S/C16H21NO4/c18-14(17-10-16(19)8-1-2-9-16)7-6-12-4-3-5-13-15(12)21-11-20-13/h3-5,19H,1-2,6-11H2,(H,17,18). The van der Waals surface area contributed by atoms with Gasteiger partial charge in [0, 0.05) is 13.0 Å². The summed E-state index contributed by atoms with van der Waals surface area (Å²) in [6.07, 6.45) is 4.64. The van der Waals surface area contributed by atoms with Crippen LogP contribution in [0.4, 0.5) is 0 Å². The number of carbonyl (C=O) groups is 1. The van der Waals surface area contributed by atoms with E-state index in [1.807, 2.05) is 18.2 Å². The van der Waals surface area contributed by atoms with Crippen LogP contribution in [-0.2, 0) is 11.2 Å². The highest BCUT2D eigenvalue weighted by atomic mass is 16.7. The molecule has 1 fully saturated rings. The van der Waals surface area contributed by atoms with Gasteiger partial charge in [0.2, 0.25) is 12.7 Å². The summed E-state index contributed by atoms with van der Waals surface area (Å²) in [4.78, 5) is 11.9. The number of para-hydroxylation sites is 1. The molecule has 1 aromatic rings. The van der Waals surface area contributed by atoms with Crippen LogP contribution >= 0.6 is 0 Å². The second-order valence-electron chi connectivity index (χ2n) is 5.86. The third-order valence-corrected chi connectivity index (χ3v) is 4.25. The first-order valence-electron chi connectivity index (χ1n) is 7.53. The van der Waals surface area contributed by atoms with Crippen molar-refractivity contribution in [3.63, 3.8) is 0 Å². The van der Waals surface area contributed by atoms with Gasteiger partial charge in [-0.3, -0.25) is 4.79 Å². The van der Waals surface area contributed by atoms with Gasteiger partial charge in [-0.25, -0.2) is 0 Å². The van der Waals surface area contributed by atoms with E-state index in [9.17, 15) is 9.90 Å². The minimum absolute atomic E-state index is 0.0353. The molecule has 1 aliphatic heterocycles. The molecule has 5 heteroatoms. The van der Waals surface area contributed by atoms with Crippen LogP contribution in [0.15, 0.2) is 18.2 Å². The maximum absolute atomic E-state index is 11.9. The monoisotopic (exact) mass is 291 g/mol. The van der Waals surface area contributed by atoms with Crippen molar-refractivity contribution in [2.24, 2.45) is 0 Å². The zero-order valence-electron chi connectivity index (χ0n) is 12.1. The molecule has 0 radical (unpaired) electrons. The summed E-state index contributed by atoms with van der Waals surface area (Å²) in [5.41, 5.74) is 0.292. The largest absolute Gasteiger partial charge is 0.454 e. The van der Waals surface area contributed by atoms with E-state index in [2.05, 4.69) is 5.32 Å². The zero-order chi connectivity index (χ0) is 14.7. The summed E-state index contributed by atoms with van der Waals surface area (Å²) in [5, 5.41) is 13.0. The Morgan fingerprint density at radius 3 is 2.90 bits per heavy atom. The number of carbonyl (C=O) groups excluding carboxylic acids is 1. The molecule has 1 amide bonds. The van der Waals surface area contributed by atoms with Crippen LogP contribution < -0.4 is 14.8 Å². The highest BCUT2D eigenvalue weighted by Crippen LogP contribution is 2.35. The van der Waals surface area contributed by atoms with Gasteiger partial charge in [0.25, 0.3) is 0 Å². The molecule has 5 nitrogen and oxygen atoms in total. The smallest absolute Gasteiger partial charge is 0.231 e. The molecular formula is C16H21NO4. The van der Waals surface area contributed by atoms with Gasteiger partial charge in [0.1, 0.15) is 0 Å². The van der Waals surface area contributed by atoms with Crippen molar-refractivity contribution >= 4 is 5.91 Å². The second-order valence-corrected chi connectivity index (χ2v) is 5.86. The van der Waals surface area contributed by atoms with Crippen LogP contribution in [0.5, 0.6) is 11.5 Å². The van der Waals surface area contributed by atoms with E-state index in [4.69, 9.17) is 9.47 Å². The Morgan fingerprint density at radius 1 is 1.29 bits per heavy atom. The average Bonchev–Trinajstić information content (AvgIpc) is 3.12. The highest BCUT2D eigenvalue weighted by molar-refractivity contribution is 5.76. The summed E-state index contributed by atoms with van der Waals surface area (Å²) in [6.45, 7) is 0.601. The quantitative estimate of drug-likeness (QED) is 0.867. The Bertz CT molecular complexity index is 523. The van der Waals surface area contributed by atoms with E-state index in [0.717, 1.165) is 42.7 Å². The van der Waals surface area contributed by atoms with Crippen LogP contribution in [-0.4, -0.2) is 30.0 Å². The van der Waals surface area contributed by atoms with Gasteiger partial charge < -0.3 is 19.9 Å². The van der Waals surface area contributed by atoms with Crippen molar-refractivity contribution in [2.75, 3.05) is 13.3 Å². The fourth-order valence-corrected chi connectivity index (χ4v) is 3.00. The van der Waals surface area contributed by atoms with E-state index in [0.29, 0.717) is 19.4 Å². The topological polar surface area (TPSA) is 67.8 Å². The average molecular weight is 291 g/mol. The number of hydrogen-bond donors (Lipinski definition) is 2. The maximum Gasteiger partial charge on any atom is 0.231 e. The van der Waals surface area contributed by atoms with E-state index < -0.39 is 5.60 Å². The minimum atomic E-state index is -0.694. The fraction of sp³-hybridized carbons (Fsp3) is 0.562. The minimum Gasteiger partial charge on any atom is -0.454 e.